The number of nitrogens with one attached hydrogen (secondary N) is 1. The molecule has 0 aliphatic rings. The van der Waals surface area contributed by atoms with Crippen molar-refractivity contribution in [3.05, 3.63) is 54.4 Å². The summed E-state index contributed by atoms with van der Waals surface area (Å²) in [6.07, 6.45) is 4.86. The van der Waals surface area contributed by atoms with Crippen LogP contribution < -0.4 is 5.32 Å². The van der Waals surface area contributed by atoms with Crippen molar-refractivity contribution < 1.29 is 13.2 Å². The highest BCUT2D eigenvalue weighted by Crippen LogP contribution is 2.20. The van der Waals surface area contributed by atoms with Crippen LogP contribution in [0.3, 0.4) is 0 Å². The molecule has 0 aliphatic heterocycles. The summed E-state index contributed by atoms with van der Waals surface area (Å²) in [5, 5.41) is 7.14. The highest BCUT2D eigenvalue weighted by atomic mass is 32.2. The lowest BCUT2D eigenvalue weighted by atomic mass is 10.1. The van der Waals surface area contributed by atoms with Gasteiger partial charge in [-0.25, -0.2) is 22.2 Å². The van der Waals surface area contributed by atoms with E-state index in [1.54, 1.807) is 17.6 Å². The van der Waals surface area contributed by atoms with Gasteiger partial charge in [-0.05, 0) is 12.5 Å². The number of benzene rings is 1. The summed E-state index contributed by atoms with van der Waals surface area (Å²) >= 11 is 0. The Hall–Kier alpha value is -2.78. The van der Waals surface area contributed by atoms with E-state index in [0.717, 1.165) is 11.3 Å². The number of amides is 1. The van der Waals surface area contributed by atoms with Crippen molar-refractivity contribution in [3.8, 4) is 11.3 Å². The van der Waals surface area contributed by atoms with E-state index in [1.165, 1.54) is 16.8 Å². The predicted molar refractivity (Wildman–Crippen MR) is 107 cm³/mol. The largest absolute Gasteiger partial charge is 0.352 e. The van der Waals surface area contributed by atoms with Crippen LogP contribution in [0.5, 0.6) is 0 Å². The Balaban J connectivity index is 1.70. The first kappa shape index (κ1) is 20.0. The zero-order valence-electron chi connectivity index (χ0n) is 15.9. The number of sulfonamides is 1. The number of nitrogens with zero attached hydrogens (tertiary/aromatic N) is 4. The van der Waals surface area contributed by atoms with Crippen molar-refractivity contribution in [2.24, 2.45) is 0 Å². The average molecular weight is 401 g/mol. The molecule has 148 valence electrons. The molecule has 2 aromatic heterocycles. The molecule has 0 fully saturated rings. The summed E-state index contributed by atoms with van der Waals surface area (Å²) in [7, 11) is -3.22. The van der Waals surface area contributed by atoms with E-state index in [0.29, 0.717) is 37.3 Å². The molecule has 3 aromatic rings. The van der Waals surface area contributed by atoms with E-state index in [9.17, 15) is 13.2 Å². The van der Waals surface area contributed by atoms with Gasteiger partial charge in [0.1, 0.15) is 5.56 Å². The Kier molecular flexibility index (Phi) is 6.05. The van der Waals surface area contributed by atoms with Crippen LogP contribution in [0.2, 0.25) is 0 Å². The number of hydrogen-bond acceptors (Lipinski definition) is 5. The molecule has 0 spiro atoms. The fourth-order valence-electron chi connectivity index (χ4n) is 2.99. The highest BCUT2D eigenvalue weighted by molar-refractivity contribution is 7.88. The quantitative estimate of drug-likeness (QED) is 0.581. The van der Waals surface area contributed by atoms with Gasteiger partial charge in [0.05, 0.1) is 18.1 Å². The van der Waals surface area contributed by atoms with E-state index in [4.69, 9.17) is 0 Å². The zero-order chi connectivity index (χ0) is 20.1. The maximum Gasteiger partial charge on any atom is 0.256 e. The fraction of sp³-hybridized carbons (Fsp3) is 0.316. The molecule has 3 rings (SSSR count). The number of rotatable bonds is 8. The molecule has 28 heavy (non-hydrogen) atoms. The summed E-state index contributed by atoms with van der Waals surface area (Å²) in [6, 6.07) is 11.6. The highest BCUT2D eigenvalue weighted by Gasteiger charge is 2.17. The molecule has 1 amide bonds. The van der Waals surface area contributed by atoms with Crippen LogP contribution in [0.1, 0.15) is 23.7 Å². The molecule has 0 saturated carbocycles. The van der Waals surface area contributed by atoms with E-state index in [2.05, 4.69) is 15.4 Å². The first-order valence-corrected chi connectivity index (χ1v) is 10.9. The standard InChI is InChI=1S/C19H23N5O3S/c1-3-23(28(2,26)27)13-7-11-21-19(25)16-14-22-24-17(10-12-20-18(16)24)15-8-5-4-6-9-15/h4-6,8-10,12,14H,3,7,11,13H2,1-2H3,(H,21,25). The van der Waals surface area contributed by atoms with Crippen LogP contribution in [0.4, 0.5) is 0 Å². The monoisotopic (exact) mass is 401 g/mol. The Morgan fingerprint density at radius 1 is 1.21 bits per heavy atom. The van der Waals surface area contributed by atoms with Crippen LogP contribution >= 0.6 is 0 Å². The smallest absolute Gasteiger partial charge is 0.256 e. The van der Waals surface area contributed by atoms with Crippen molar-refractivity contribution in [1.29, 1.82) is 0 Å². The second-order valence-corrected chi connectivity index (χ2v) is 8.34. The molecule has 0 saturated heterocycles. The van der Waals surface area contributed by atoms with E-state index in [1.807, 2.05) is 36.4 Å². The maximum absolute atomic E-state index is 12.5. The summed E-state index contributed by atoms with van der Waals surface area (Å²) in [6.45, 7) is 2.92. The predicted octanol–water partition coefficient (Wildman–Crippen LogP) is 1.80. The van der Waals surface area contributed by atoms with Gasteiger partial charge >= 0.3 is 0 Å². The molecule has 0 radical (unpaired) electrons. The lowest BCUT2D eigenvalue weighted by Gasteiger charge is -2.17. The first-order valence-electron chi connectivity index (χ1n) is 9.03. The Bertz CT molecular complexity index is 1060. The Labute approximate surface area is 164 Å². The van der Waals surface area contributed by atoms with Gasteiger partial charge in [-0.3, -0.25) is 4.79 Å². The van der Waals surface area contributed by atoms with E-state index in [-0.39, 0.29) is 5.91 Å². The summed E-state index contributed by atoms with van der Waals surface area (Å²) in [4.78, 5) is 16.8. The van der Waals surface area contributed by atoms with Crippen molar-refractivity contribution in [1.82, 2.24) is 24.2 Å². The molecule has 8 nitrogen and oxygen atoms in total. The number of hydrogen-bond donors (Lipinski definition) is 1. The molecule has 0 bridgehead atoms. The SMILES string of the molecule is CCN(CCCNC(=O)c1cnn2c(-c3ccccc3)ccnc12)S(C)(=O)=O. The molecule has 0 unspecified atom stereocenters. The van der Waals surface area contributed by atoms with E-state index >= 15 is 0 Å². The second kappa shape index (κ2) is 8.49. The number of carbonyl (C=O) groups is 1. The van der Waals surface area contributed by atoms with Crippen molar-refractivity contribution in [2.75, 3.05) is 25.9 Å². The van der Waals surface area contributed by atoms with Gasteiger partial charge in [0, 0.05) is 31.4 Å². The minimum atomic E-state index is -3.22. The van der Waals surface area contributed by atoms with Gasteiger partial charge in [-0.15, -0.1) is 0 Å². The number of fused-ring (bicyclic) bond motifs is 1. The average Bonchev–Trinajstić information content (AvgIpc) is 3.11. The summed E-state index contributed by atoms with van der Waals surface area (Å²) in [5.41, 5.74) is 2.68. The third-order valence-electron chi connectivity index (χ3n) is 4.41. The van der Waals surface area contributed by atoms with Crippen LogP contribution in [0.15, 0.2) is 48.8 Å². The minimum Gasteiger partial charge on any atom is -0.352 e. The zero-order valence-corrected chi connectivity index (χ0v) is 16.7. The molecule has 1 N–H and O–H groups in total. The minimum absolute atomic E-state index is 0.282. The normalized spacial score (nSPS) is 11.8. The number of carbonyl (C=O) groups excluding carboxylic acids is 1. The number of aromatic nitrogens is 3. The third kappa shape index (κ3) is 4.37. The van der Waals surface area contributed by atoms with Crippen LogP contribution in [0, 0.1) is 0 Å². The van der Waals surface area contributed by atoms with Gasteiger partial charge < -0.3 is 5.32 Å². The van der Waals surface area contributed by atoms with Crippen LogP contribution in [-0.4, -0.2) is 59.1 Å². The van der Waals surface area contributed by atoms with Gasteiger partial charge in [-0.2, -0.15) is 5.10 Å². The molecule has 0 aliphatic carbocycles. The van der Waals surface area contributed by atoms with Crippen LogP contribution in [-0.2, 0) is 10.0 Å². The fourth-order valence-corrected chi connectivity index (χ4v) is 3.92. The maximum atomic E-state index is 12.5. The summed E-state index contributed by atoms with van der Waals surface area (Å²) < 4.78 is 26.2. The molecular weight excluding hydrogens is 378 g/mol. The van der Waals surface area contributed by atoms with Crippen molar-refractivity contribution in [3.63, 3.8) is 0 Å². The second-order valence-electron chi connectivity index (χ2n) is 6.35. The molecular formula is C19H23N5O3S. The van der Waals surface area contributed by atoms with Gasteiger partial charge in [0.2, 0.25) is 10.0 Å². The molecule has 1 aromatic carbocycles. The van der Waals surface area contributed by atoms with Crippen molar-refractivity contribution >= 4 is 21.6 Å². The third-order valence-corrected chi connectivity index (χ3v) is 5.79. The van der Waals surface area contributed by atoms with Crippen LogP contribution in [0.25, 0.3) is 16.9 Å². The van der Waals surface area contributed by atoms with Gasteiger partial charge in [0.25, 0.3) is 5.91 Å². The Morgan fingerprint density at radius 2 is 1.96 bits per heavy atom. The lowest BCUT2D eigenvalue weighted by Crippen LogP contribution is -2.33. The van der Waals surface area contributed by atoms with Gasteiger partial charge in [0.15, 0.2) is 5.65 Å². The molecule has 9 heteroatoms. The Morgan fingerprint density at radius 3 is 2.64 bits per heavy atom. The topological polar surface area (TPSA) is 96.7 Å². The first-order chi connectivity index (χ1) is 13.4. The summed E-state index contributed by atoms with van der Waals surface area (Å²) in [5.74, 6) is -0.282. The lowest BCUT2D eigenvalue weighted by molar-refractivity contribution is 0.0954. The molecule has 0 atom stereocenters. The molecule has 2 heterocycles. The van der Waals surface area contributed by atoms with Crippen molar-refractivity contribution in [2.45, 2.75) is 13.3 Å². The van der Waals surface area contributed by atoms with Gasteiger partial charge in [-0.1, -0.05) is 37.3 Å². The van der Waals surface area contributed by atoms with E-state index < -0.39 is 10.0 Å².